The molecule has 1 aliphatic rings. The van der Waals surface area contributed by atoms with Crippen molar-refractivity contribution in [2.75, 3.05) is 38.0 Å². The number of amides is 1. The summed E-state index contributed by atoms with van der Waals surface area (Å²) in [6.07, 6.45) is 5.66. The lowest BCUT2D eigenvalue weighted by Gasteiger charge is -2.25. The number of benzene rings is 1. The van der Waals surface area contributed by atoms with Crippen molar-refractivity contribution < 1.29 is 13.2 Å². The van der Waals surface area contributed by atoms with Crippen LogP contribution in [0.4, 0.5) is 5.69 Å². The summed E-state index contributed by atoms with van der Waals surface area (Å²) in [5.74, 6) is 0.0417. The van der Waals surface area contributed by atoms with Crippen LogP contribution in [0.15, 0.2) is 23.1 Å². The van der Waals surface area contributed by atoms with Gasteiger partial charge in [-0.15, -0.1) is 0 Å². The molecule has 0 aromatic heterocycles. The summed E-state index contributed by atoms with van der Waals surface area (Å²) in [6, 6.07) is 4.77. The summed E-state index contributed by atoms with van der Waals surface area (Å²) in [6.45, 7) is 6.07. The van der Waals surface area contributed by atoms with Crippen molar-refractivity contribution in [2.24, 2.45) is 0 Å². The predicted molar refractivity (Wildman–Crippen MR) is 110 cm³/mol. The van der Waals surface area contributed by atoms with Crippen LogP contribution in [0.5, 0.6) is 0 Å². The normalized spacial score (nSPS) is 16.1. The van der Waals surface area contributed by atoms with Gasteiger partial charge in [0.05, 0.1) is 11.6 Å². The molecule has 8 heteroatoms. The molecule has 0 spiro atoms. The Kier molecular flexibility index (Phi) is 8.38. The van der Waals surface area contributed by atoms with Gasteiger partial charge in [0.15, 0.2) is 0 Å². The molecule has 1 aliphatic heterocycles. The van der Waals surface area contributed by atoms with Crippen molar-refractivity contribution in [2.45, 2.75) is 50.8 Å². The molecule has 0 saturated carbocycles. The summed E-state index contributed by atoms with van der Waals surface area (Å²) >= 11 is 6.15. The van der Waals surface area contributed by atoms with E-state index in [1.165, 1.54) is 29.6 Å². The number of rotatable bonds is 7. The van der Waals surface area contributed by atoms with E-state index in [1.807, 2.05) is 4.90 Å². The Morgan fingerprint density at radius 1 is 1.11 bits per heavy atom. The van der Waals surface area contributed by atoms with Gasteiger partial charge in [-0.3, -0.25) is 4.79 Å². The van der Waals surface area contributed by atoms with Crippen molar-refractivity contribution in [3.05, 3.63) is 23.2 Å². The highest BCUT2D eigenvalue weighted by molar-refractivity contribution is 7.89. The zero-order chi connectivity index (χ0) is 19.9. The number of carbonyl (C=O) groups is 1. The second-order valence-corrected chi connectivity index (χ2v) is 9.05. The van der Waals surface area contributed by atoms with Gasteiger partial charge in [-0.1, -0.05) is 44.7 Å². The van der Waals surface area contributed by atoms with E-state index in [0.29, 0.717) is 18.8 Å². The van der Waals surface area contributed by atoms with Crippen molar-refractivity contribution in [1.82, 2.24) is 9.21 Å². The third-order valence-corrected chi connectivity index (χ3v) is 7.44. The van der Waals surface area contributed by atoms with Gasteiger partial charge in [0, 0.05) is 31.9 Å². The molecule has 1 aromatic rings. The fourth-order valence-electron chi connectivity index (χ4n) is 3.30. The summed E-state index contributed by atoms with van der Waals surface area (Å²) in [7, 11) is -3.66. The molecule has 1 aromatic carbocycles. The second-order valence-electron chi connectivity index (χ2n) is 6.74. The average Bonchev–Trinajstić information content (AvgIpc) is 2.61. The molecule has 152 valence electrons. The highest BCUT2D eigenvalue weighted by atomic mass is 35.5. The topological polar surface area (TPSA) is 69.7 Å². The summed E-state index contributed by atoms with van der Waals surface area (Å²) in [5.41, 5.74) is 0.575. The molecule has 0 aliphatic carbocycles. The number of likely N-dealkylation sites (tertiary alicyclic amines) is 1. The third-order valence-electron chi connectivity index (χ3n) is 4.91. The number of carbonyl (C=O) groups excluding carboxylic acids is 1. The maximum atomic E-state index is 12.8. The SMILES string of the molecule is CCN(CC)S(=O)(=O)c1cc(NCC(=O)N2CCCCCCC2)ccc1Cl. The van der Waals surface area contributed by atoms with Crippen LogP contribution < -0.4 is 5.32 Å². The van der Waals surface area contributed by atoms with Gasteiger partial charge in [0.25, 0.3) is 0 Å². The minimum atomic E-state index is -3.66. The first-order valence-corrected chi connectivity index (χ1v) is 11.5. The van der Waals surface area contributed by atoms with Crippen LogP contribution in [0.25, 0.3) is 0 Å². The highest BCUT2D eigenvalue weighted by Gasteiger charge is 2.25. The first kappa shape index (κ1) is 22.0. The fraction of sp³-hybridized carbons (Fsp3) is 0.632. The monoisotopic (exact) mass is 415 g/mol. The molecule has 1 amide bonds. The predicted octanol–water partition coefficient (Wildman–Crippen LogP) is 3.58. The third kappa shape index (κ3) is 5.83. The molecule has 0 radical (unpaired) electrons. The molecule has 6 nitrogen and oxygen atoms in total. The molecule has 1 fully saturated rings. The van der Waals surface area contributed by atoms with Crippen LogP contribution in [0.1, 0.15) is 46.0 Å². The lowest BCUT2D eigenvalue weighted by molar-refractivity contribution is -0.129. The molecule has 1 heterocycles. The van der Waals surface area contributed by atoms with Gasteiger partial charge in [0.1, 0.15) is 4.90 Å². The zero-order valence-electron chi connectivity index (χ0n) is 16.2. The van der Waals surface area contributed by atoms with E-state index < -0.39 is 10.0 Å². The summed E-state index contributed by atoms with van der Waals surface area (Å²) < 4.78 is 26.9. The maximum absolute atomic E-state index is 12.8. The summed E-state index contributed by atoms with van der Waals surface area (Å²) in [5, 5.41) is 3.24. The van der Waals surface area contributed by atoms with Gasteiger partial charge in [-0.05, 0) is 31.0 Å². The number of anilines is 1. The molecular weight excluding hydrogens is 386 g/mol. The number of nitrogens with zero attached hydrogens (tertiary/aromatic N) is 2. The van der Waals surface area contributed by atoms with Crippen LogP contribution >= 0.6 is 11.6 Å². The molecule has 0 atom stereocenters. The minimum absolute atomic E-state index is 0.0417. The highest BCUT2D eigenvalue weighted by Crippen LogP contribution is 2.27. The van der Waals surface area contributed by atoms with E-state index in [9.17, 15) is 13.2 Å². The molecule has 2 rings (SSSR count). The Hall–Kier alpha value is -1.31. The molecular formula is C19H30ClN3O3S. The Morgan fingerprint density at radius 2 is 1.70 bits per heavy atom. The first-order valence-electron chi connectivity index (χ1n) is 9.71. The Morgan fingerprint density at radius 3 is 2.30 bits per heavy atom. The molecule has 27 heavy (non-hydrogen) atoms. The number of halogens is 1. The second kappa shape index (κ2) is 10.3. The fourth-order valence-corrected chi connectivity index (χ4v) is 5.26. The van der Waals surface area contributed by atoms with E-state index in [-0.39, 0.29) is 22.4 Å². The number of sulfonamides is 1. The van der Waals surface area contributed by atoms with Crippen molar-refractivity contribution in [1.29, 1.82) is 0 Å². The maximum Gasteiger partial charge on any atom is 0.244 e. The van der Waals surface area contributed by atoms with Gasteiger partial charge in [-0.25, -0.2) is 8.42 Å². The van der Waals surface area contributed by atoms with Crippen LogP contribution in [0.2, 0.25) is 5.02 Å². The smallest absolute Gasteiger partial charge is 0.244 e. The van der Waals surface area contributed by atoms with Crippen LogP contribution in [0, 0.1) is 0 Å². The molecule has 0 unspecified atom stereocenters. The van der Waals surface area contributed by atoms with Crippen LogP contribution in [-0.4, -0.2) is 56.3 Å². The van der Waals surface area contributed by atoms with E-state index in [4.69, 9.17) is 11.6 Å². The standard InChI is InChI=1S/C19H30ClN3O3S/c1-3-23(4-2)27(25,26)18-14-16(10-11-17(18)20)21-15-19(24)22-12-8-6-5-7-9-13-22/h10-11,14,21H,3-9,12-13,15H2,1-2H3. The van der Waals surface area contributed by atoms with Crippen molar-refractivity contribution in [3.63, 3.8) is 0 Å². The number of hydrogen-bond acceptors (Lipinski definition) is 4. The van der Waals surface area contributed by atoms with Crippen molar-refractivity contribution in [3.8, 4) is 0 Å². The van der Waals surface area contributed by atoms with Gasteiger partial charge in [0.2, 0.25) is 15.9 Å². The van der Waals surface area contributed by atoms with Crippen molar-refractivity contribution >= 4 is 33.2 Å². The molecule has 1 N–H and O–H groups in total. The van der Waals surface area contributed by atoms with E-state index in [0.717, 1.165) is 25.9 Å². The van der Waals surface area contributed by atoms with Crippen LogP contribution in [-0.2, 0) is 14.8 Å². The quantitative estimate of drug-likeness (QED) is 0.738. The first-order chi connectivity index (χ1) is 12.9. The number of hydrogen-bond donors (Lipinski definition) is 1. The van der Waals surface area contributed by atoms with Gasteiger partial charge >= 0.3 is 0 Å². The Labute approximate surface area is 167 Å². The Bertz CT molecular complexity index is 728. The zero-order valence-corrected chi connectivity index (χ0v) is 17.8. The van der Waals surface area contributed by atoms with E-state index in [2.05, 4.69) is 5.32 Å². The largest absolute Gasteiger partial charge is 0.376 e. The Balaban J connectivity index is 2.08. The minimum Gasteiger partial charge on any atom is -0.376 e. The van der Waals surface area contributed by atoms with Crippen LogP contribution in [0.3, 0.4) is 0 Å². The van der Waals surface area contributed by atoms with E-state index >= 15 is 0 Å². The molecule has 0 bridgehead atoms. The average molecular weight is 416 g/mol. The van der Waals surface area contributed by atoms with Gasteiger partial charge in [-0.2, -0.15) is 4.31 Å². The molecule has 1 saturated heterocycles. The lowest BCUT2D eigenvalue weighted by Crippen LogP contribution is -2.37. The van der Waals surface area contributed by atoms with E-state index in [1.54, 1.807) is 26.0 Å². The number of nitrogens with one attached hydrogen (secondary N) is 1. The van der Waals surface area contributed by atoms with Gasteiger partial charge < -0.3 is 10.2 Å². The summed E-state index contributed by atoms with van der Waals surface area (Å²) in [4.78, 5) is 14.5. The lowest BCUT2D eigenvalue weighted by atomic mass is 10.1.